The smallest absolute Gasteiger partial charge is 0.152 e. The Kier molecular flexibility index (Phi) is 5.79. The maximum absolute atomic E-state index is 11.4. The van der Waals surface area contributed by atoms with Crippen molar-refractivity contribution >= 4 is 9.84 Å². The van der Waals surface area contributed by atoms with E-state index in [0.29, 0.717) is 19.1 Å². The van der Waals surface area contributed by atoms with Crippen LogP contribution in [0.25, 0.3) is 0 Å². The average molecular weight is 292 g/mol. The molecule has 1 aliphatic rings. The molecule has 0 saturated carbocycles. The molecule has 1 fully saturated rings. The van der Waals surface area contributed by atoms with Crippen molar-refractivity contribution in [1.29, 1.82) is 0 Å². The minimum atomic E-state index is -2.82. The van der Waals surface area contributed by atoms with Crippen molar-refractivity contribution in [3.8, 4) is 0 Å². The van der Waals surface area contributed by atoms with E-state index in [0.717, 1.165) is 6.42 Å². The van der Waals surface area contributed by atoms with Crippen LogP contribution in [-0.2, 0) is 9.84 Å². The van der Waals surface area contributed by atoms with Gasteiger partial charge in [0.25, 0.3) is 0 Å². The molecule has 0 radical (unpaired) electrons. The lowest BCUT2D eigenvalue weighted by Crippen LogP contribution is -2.54. The van der Waals surface area contributed by atoms with Crippen molar-refractivity contribution in [2.45, 2.75) is 51.7 Å². The Labute approximate surface area is 117 Å². The van der Waals surface area contributed by atoms with Gasteiger partial charge in [-0.2, -0.15) is 0 Å². The van der Waals surface area contributed by atoms with Crippen molar-refractivity contribution < 1.29 is 13.5 Å². The summed E-state index contributed by atoms with van der Waals surface area (Å²) in [6, 6.07) is 0.574. The van der Waals surface area contributed by atoms with Crippen LogP contribution in [0.5, 0.6) is 0 Å². The molecule has 0 bridgehead atoms. The molecule has 0 aromatic rings. The third-order valence-corrected chi connectivity index (χ3v) is 5.34. The highest BCUT2D eigenvalue weighted by atomic mass is 32.2. The van der Waals surface area contributed by atoms with Gasteiger partial charge < -0.3 is 10.4 Å². The predicted octanol–water partition coefficient (Wildman–Crippen LogP) is 0.244. The first-order valence-corrected chi connectivity index (χ1v) is 8.83. The van der Waals surface area contributed by atoms with Crippen LogP contribution in [-0.4, -0.2) is 67.2 Å². The van der Waals surface area contributed by atoms with Crippen molar-refractivity contribution in [3.63, 3.8) is 0 Å². The van der Waals surface area contributed by atoms with E-state index in [-0.39, 0.29) is 29.7 Å². The summed E-state index contributed by atoms with van der Waals surface area (Å²) in [7, 11) is -2.82. The van der Waals surface area contributed by atoms with Crippen molar-refractivity contribution in [3.05, 3.63) is 0 Å². The topological polar surface area (TPSA) is 69.6 Å². The molecule has 1 aliphatic heterocycles. The number of nitrogens with zero attached hydrogens (tertiary/aromatic N) is 1. The molecule has 6 heteroatoms. The van der Waals surface area contributed by atoms with E-state index < -0.39 is 9.84 Å². The maximum Gasteiger partial charge on any atom is 0.152 e. The second-order valence-corrected chi connectivity index (χ2v) is 8.56. The lowest BCUT2D eigenvalue weighted by molar-refractivity contribution is 0.112. The van der Waals surface area contributed by atoms with Gasteiger partial charge in [-0.15, -0.1) is 0 Å². The molecule has 1 heterocycles. The number of aliphatic hydroxyl groups is 1. The highest BCUT2D eigenvalue weighted by molar-refractivity contribution is 7.91. The van der Waals surface area contributed by atoms with E-state index in [9.17, 15) is 13.5 Å². The summed E-state index contributed by atoms with van der Waals surface area (Å²) < 4.78 is 22.9. The molecule has 0 aliphatic carbocycles. The van der Waals surface area contributed by atoms with Gasteiger partial charge in [-0.05, 0) is 20.3 Å². The van der Waals surface area contributed by atoms with Crippen LogP contribution in [0.4, 0.5) is 0 Å². The molecular formula is C13H28N2O3S. The van der Waals surface area contributed by atoms with E-state index in [4.69, 9.17) is 0 Å². The fraction of sp³-hybridized carbons (Fsp3) is 1.00. The van der Waals surface area contributed by atoms with E-state index in [1.54, 1.807) is 0 Å². The summed E-state index contributed by atoms with van der Waals surface area (Å²) in [5, 5.41) is 13.0. The summed E-state index contributed by atoms with van der Waals surface area (Å²) >= 11 is 0. The van der Waals surface area contributed by atoms with Crippen LogP contribution < -0.4 is 5.32 Å². The molecule has 0 aromatic heterocycles. The molecule has 114 valence electrons. The Hall–Kier alpha value is -0.170. The van der Waals surface area contributed by atoms with E-state index >= 15 is 0 Å². The van der Waals surface area contributed by atoms with Crippen LogP contribution in [0, 0.1) is 0 Å². The van der Waals surface area contributed by atoms with Gasteiger partial charge in [0.2, 0.25) is 0 Å². The van der Waals surface area contributed by atoms with E-state index in [1.165, 1.54) is 0 Å². The van der Waals surface area contributed by atoms with Gasteiger partial charge in [0.05, 0.1) is 18.1 Å². The van der Waals surface area contributed by atoms with Gasteiger partial charge in [0.15, 0.2) is 9.84 Å². The highest BCUT2D eigenvalue weighted by Crippen LogP contribution is 2.18. The Bertz CT molecular complexity index is 369. The molecule has 1 rings (SSSR count). The zero-order chi connectivity index (χ0) is 14.7. The minimum Gasteiger partial charge on any atom is -0.394 e. The van der Waals surface area contributed by atoms with E-state index in [2.05, 4.69) is 31.0 Å². The van der Waals surface area contributed by atoms with Crippen LogP contribution in [0.1, 0.15) is 34.1 Å². The number of hydrogen-bond donors (Lipinski definition) is 2. The van der Waals surface area contributed by atoms with Gasteiger partial charge in [-0.3, -0.25) is 4.90 Å². The van der Waals surface area contributed by atoms with Crippen LogP contribution in [0.15, 0.2) is 0 Å². The molecule has 1 saturated heterocycles. The molecule has 19 heavy (non-hydrogen) atoms. The third kappa shape index (κ3) is 5.38. The molecule has 2 atom stereocenters. The summed E-state index contributed by atoms with van der Waals surface area (Å²) in [5.74, 6) is 0.510. The summed E-state index contributed by atoms with van der Waals surface area (Å²) in [4.78, 5) is 2.21. The van der Waals surface area contributed by atoms with Crippen LogP contribution in [0.3, 0.4) is 0 Å². The number of hydrogen-bond acceptors (Lipinski definition) is 5. The van der Waals surface area contributed by atoms with E-state index in [1.807, 2.05) is 6.92 Å². The third-order valence-electron chi connectivity index (χ3n) is 3.73. The van der Waals surface area contributed by atoms with Gasteiger partial charge in [0, 0.05) is 30.7 Å². The van der Waals surface area contributed by atoms with Crippen molar-refractivity contribution in [1.82, 2.24) is 10.2 Å². The molecule has 0 aromatic carbocycles. The Morgan fingerprint density at radius 2 is 1.79 bits per heavy atom. The fourth-order valence-corrected chi connectivity index (χ4v) is 4.04. The lowest BCUT2D eigenvalue weighted by Gasteiger charge is -2.39. The lowest BCUT2D eigenvalue weighted by atomic mass is 9.93. The minimum absolute atomic E-state index is 0.0850. The number of nitrogens with one attached hydrogen (secondary N) is 1. The average Bonchev–Trinajstić information content (AvgIpc) is 2.27. The van der Waals surface area contributed by atoms with Gasteiger partial charge in [0.1, 0.15) is 0 Å². The van der Waals surface area contributed by atoms with Crippen LogP contribution >= 0.6 is 0 Å². The number of rotatable bonds is 6. The van der Waals surface area contributed by atoms with Crippen LogP contribution in [0.2, 0.25) is 0 Å². The van der Waals surface area contributed by atoms with Crippen molar-refractivity contribution in [2.24, 2.45) is 0 Å². The number of aliphatic hydroxyl groups excluding tert-OH is 1. The summed E-state index contributed by atoms with van der Waals surface area (Å²) in [6.07, 6.45) is 0.807. The van der Waals surface area contributed by atoms with Gasteiger partial charge >= 0.3 is 0 Å². The molecule has 2 unspecified atom stereocenters. The second-order valence-electron chi connectivity index (χ2n) is 6.26. The highest BCUT2D eigenvalue weighted by Gasteiger charge is 2.31. The Morgan fingerprint density at radius 3 is 2.21 bits per heavy atom. The monoisotopic (exact) mass is 292 g/mol. The molecule has 0 amide bonds. The zero-order valence-electron chi connectivity index (χ0n) is 12.5. The molecule has 5 nitrogen and oxygen atoms in total. The summed E-state index contributed by atoms with van der Waals surface area (Å²) in [5.41, 5.74) is -0.316. The first-order chi connectivity index (χ1) is 8.67. The largest absolute Gasteiger partial charge is 0.394 e. The fourth-order valence-electron chi connectivity index (χ4n) is 2.81. The normalized spacial score (nSPS) is 25.2. The van der Waals surface area contributed by atoms with Gasteiger partial charge in [-0.1, -0.05) is 13.8 Å². The Balaban J connectivity index is 2.56. The zero-order valence-corrected chi connectivity index (χ0v) is 13.3. The SMILES string of the molecule is CC(C)NC(C)(CO)CC(C)N1CCS(=O)(=O)CC1. The molecule has 0 spiro atoms. The molecule has 2 N–H and O–H groups in total. The quantitative estimate of drug-likeness (QED) is 0.734. The standard InChI is InChI=1S/C13H28N2O3S/c1-11(2)14-13(4,10-16)9-12(3)15-5-7-19(17,18)8-6-15/h11-12,14,16H,5-10H2,1-4H3. The first-order valence-electron chi connectivity index (χ1n) is 7.00. The molecular weight excluding hydrogens is 264 g/mol. The second kappa shape index (κ2) is 6.52. The number of sulfone groups is 1. The van der Waals surface area contributed by atoms with Gasteiger partial charge in [-0.25, -0.2) is 8.42 Å². The first kappa shape index (κ1) is 16.9. The summed E-state index contributed by atoms with van der Waals surface area (Å²) in [6.45, 7) is 9.54. The van der Waals surface area contributed by atoms with Crippen molar-refractivity contribution in [2.75, 3.05) is 31.2 Å². The predicted molar refractivity (Wildman–Crippen MR) is 78.1 cm³/mol. The maximum atomic E-state index is 11.4. The Morgan fingerprint density at radius 1 is 1.26 bits per heavy atom.